The van der Waals surface area contributed by atoms with Crippen molar-refractivity contribution in [1.82, 2.24) is 15.0 Å². The van der Waals surface area contributed by atoms with E-state index in [1.54, 1.807) is 26.6 Å². The molecule has 0 saturated carbocycles. The van der Waals surface area contributed by atoms with Crippen LogP contribution in [0, 0.1) is 0 Å². The summed E-state index contributed by atoms with van der Waals surface area (Å²) in [6.45, 7) is 0.617. The molecule has 0 aliphatic carbocycles. The average molecular weight is 449 g/mol. The molecule has 0 aliphatic heterocycles. The highest BCUT2D eigenvalue weighted by Gasteiger charge is 2.12. The molecular weight excluding hydrogens is 424 g/mol. The highest BCUT2D eigenvalue weighted by atomic mass is 16.5. The smallest absolute Gasteiger partial charge is 0.163 e. The molecule has 0 aliphatic rings. The fourth-order valence-electron chi connectivity index (χ4n) is 3.80. The number of nitrogens with one attached hydrogen (secondary N) is 1. The highest BCUT2D eigenvalue weighted by molar-refractivity contribution is 5.94. The number of benzene rings is 3. The second-order valence-corrected chi connectivity index (χ2v) is 7.80. The zero-order valence-electron chi connectivity index (χ0n) is 19.0. The highest BCUT2D eigenvalue weighted by Crippen LogP contribution is 2.31. The first kappa shape index (κ1) is 21.4. The molecule has 5 aromatic rings. The zero-order valence-corrected chi connectivity index (χ0v) is 19.0. The zero-order chi connectivity index (χ0) is 23.3. The molecule has 0 saturated heterocycles. The second kappa shape index (κ2) is 9.58. The Morgan fingerprint density at radius 3 is 2.29 bits per heavy atom. The number of aromatic nitrogens is 3. The van der Waals surface area contributed by atoms with Gasteiger partial charge in [-0.1, -0.05) is 30.3 Å². The Labute approximate surface area is 198 Å². The van der Waals surface area contributed by atoms with Crippen LogP contribution < -0.4 is 14.8 Å². The van der Waals surface area contributed by atoms with E-state index in [1.165, 1.54) is 0 Å². The van der Waals surface area contributed by atoms with E-state index in [4.69, 9.17) is 19.4 Å². The van der Waals surface area contributed by atoms with Gasteiger partial charge in [-0.15, -0.1) is 0 Å². The summed E-state index contributed by atoms with van der Waals surface area (Å²) in [5.41, 5.74) is 4.99. The topological polar surface area (TPSA) is 69.2 Å². The van der Waals surface area contributed by atoms with Crippen LogP contribution in [-0.2, 0) is 6.54 Å². The van der Waals surface area contributed by atoms with Crippen LogP contribution in [0.5, 0.6) is 11.5 Å². The summed E-state index contributed by atoms with van der Waals surface area (Å²) in [5, 5.41) is 4.46. The van der Waals surface area contributed by atoms with Crippen molar-refractivity contribution in [2.75, 3.05) is 19.5 Å². The lowest BCUT2D eigenvalue weighted by Crippen LogP contribution is -2.04. The molecule has 0 fully saturated rings. The molecule has 34 heavy (non-hydrogen) atoms. The number of hydrogen-bond donors (Lipinski definition) is 1. The molecular formula is C28H24N4O2. The summed E-state index contributed by atoms with van der Waals surface area (Å²) in [4.78, 5) is 13.9. The molecule has 5 rings (SSSR count). The van der Waals surface area contributed by atoms with Crippen molar-refractivity contribution in [3.63, 3.8) is 0 Å². The van der Waals surface area contributed by atoms with E-state index in [0.717, 1.165) is 50.5 Å². The Balaban J connectivity index is 1.57. The fraction of sp³-hybridized carbons (Fsp3) is 0.107. The quantitative estimate of drug-likeness (QED) is 0.330. The number of ether oxygens (including phenoxy) is 2. The monoisotopic (exact) mass is 448 g/mol. The van der Waals surface area contributed by atoms with E-state index < -0.39 is 0 Å². The van der Waals surface area contributed by atoms with E-state index in [1.807, 2.05) is 60.7 Å². The van der Waals surface area contributed by atoms with Crippen LogP contribution in [0.15, 0.2) is 91.3 Å². The molecule has 3 aromatic carbocycles. The van der Waals surface area contributed by atoms with Crippen molar-refractivity contribution in [1.29, 1.82) is 0 Å². The van der Waals surface area contributed by atoms with Crippen LogP contribution in [0.1, 0.15) is 5.56 Å². The van der Waals surface area contributed by atoms with Gasteiger partial charge in [-0.2, -0.15) is 0 Å². The van der Waals surface area contributed by atoms with Crippen LogP contribution in [0.25, 0.3) is 33.4 Å². The van der Waals surface area contributed by atoms with Gasteiger partial charge in [0.2, 0.25) is 0 Å². The molecule has 2 aromatic heterocycles. The number of anilines is 1. The molecule has 0 bridgehead atoms. The standard InChI is InChI=1S/C28H24N4O2/c1-33-23-11-8-19(9-12-23)17-30-28-25-16-21(20-5-3-7-24(15-20)34-2)10-13-26(25)31-27(32-28)22-6-4-14-29-18-22/h3-16,18H,17H2,1-2H3,(H,30,31,32). The predicted molar refractivity (Wildman–Crippen MR) is 135 cm³/mol. The normalized spacial score (nSPS) is 10.8. The Hall–Kier alpha value is -4.45. The average Bonchev–Trinajstić information content (AvgIpc) is 2.92. The molecule has 0 atom stereocenters. The minimum atomic E-state index is 0.617. The lowest BCUT2D eigenvalue weighted by molar-refractivity contribution is 0.414. The molecule has 6 nitrogen and oxygen atoms in total. The van der Waals surface area contributed by atoms with Crippen molar-refractivity contribution in [2.45, 2.75) is 6.54 Å². The molecule has 0 amide bonds. The predicted octanol–water partition coefficient (Wildman–Crippen LogP) is 5.99. The van der Waals surface area contributed by atoms with Crippen LogP contribution in [0.2, 0.25) is 0 Å². The minimum absolute atomic E-state index is 0.617. The van der Waals surface area contributed by atoms with Gasteiger partial charge < -0.3 is 14.8 Å². The van der Waals surface area contributed by atoms with Gasteiger partial charge in [0, 0.05) is 29.9 Å². The minimum Gasteiger partial charge on any atom is -0.497 e. The van der Waals surface area contributed by atoms with Crippen LogP contribution >= 0.6 is 0 Å². The molecule has 6 heteroatoms. The van der Waals surface area contributed by atoms with E-state index in [-0.39, 0.29) is 0 Å². The Morgan fingerprint density at radius 1 is 0.735 bits per heavy atom. The number of fused-ring (bicyclic) bond motifs is 1. The van der Waals surface area contributed by atoms with Crippen LogP contribution in [0.4, 0.5) is 5.82 Å². The SMILES string of the molecule is COc1ccc(CNc2nc(-c3cccnc3)nc3ccc(-c4cccc(OC)c4)cc23)cc1. The second-order valence-electron chi connectivity index (χ2n) is 7.80. The Morgan fingerprint density at radius 2 is 1.53 bits per heavy atom. The Kier molecular flexibility index (Phi) is 6.03. The third-order valence-corrected chi connectivity index (χ3v) is 5.64. The van der Waals surface area contributed by atoms with Gasteiger partial charge in [-0.05, 0) is 65.2 Å². The van der Waals surface area contributed by atoms with E-state index in [9.17, 15) is 0 Å². The van der Waals surface area contributed by atoms with E-state index >= 15 is 0 Å². The van der Waals surface area contributed by atoms with Gasteiger partial charge >= 0.3 is 0 Å². The summed E-state index contributed by atoms with van der Waals surface area (Å²) in [6.07, 6.45) is 3.52. The maximum atomic E-state index is 5.40. The van der Waals surface area contributed by atoms with E-state index in [0.29, 0.717) is 12.4 Å². The van der Waals surface area contributed by atoms with Crippen molar-refractivity contribution in [3.05, 3.63) is 96.8 Å². The summed E-state index contributed by atoms with van der Waals surface area (Å²) in [5.74, 6) is 3.05. The van der Waals surface area contributed by atoms with Gasteiger partial charge in [0.05, 0.1) is 19.7 Å². The van der Waals surface area contributed by atoms with Gasteiger partial charge in [-0.25, -0.2) is 9.97 Å². The molecule has 168 valence electrons. The number of pyridine rings is 1. The van der Waals surface area contributed by atoms with Gasteiger partial charge in [-0.3, -0.25) is 4.98 Å². The number of nitrogens with zero attached hydrogens (tertiary/aromatic N) is 3. The number of rotatable bonds is 7. The third-order valence-electron chi connectivity index (χ3n) is 5.64. The Bertz CT molecular complexity index is 1420. The van der Waals surface area contributed by atoms with Gasteiger partial charge in [0.15, 0.2) is 5.82 Å². The molecule has 0 spiro atoms. The molecule has 0 radical (unpaired) electrons. The molecule has 2 heterocycles. The lowest BCUT2D eigenvalue weighted by atomic mass is 10.0. The summed E-state index contributed by atoms with van der Waals surface area (Å²) in [6, 6.07) is 26.1. The molecule has 1 N–H and O–H groups in total. The first-order valence-electron chi connectivity index (χ1n) is 11.0. The largest absolute Gasteiger partial charge is 0.497 e. The van der Waals surface area contributed by atoms with E-state index in [2.05, 4.69) is 28.5 Å². The van der Waals surface area contributed by atoms with Crippen LogP contribution in [0.3, 0.4) is 0 Å². The van der Waals surface area contributed by atoms with Gasteiger partial charge in [0.25, 0.3) is 0 Å². The third kappa shape index (κ3) is 4.52. The summed E-state index contributed by atoms with van der Waals surface area (Å²) in [7, 11) is 3.34. The first-order valence-corrected chi connectivity index (χ1v) is 11.0. The van der Waals surface area contributed by atoms with Crippen molar-refractivity contribution in [2.24, 2.45) is 0 Å². The van der Waals surface area contributed by atoms with Gasteiger partial charge in [0.1, 0.15) is 17.3 Å². The first-order chi connectivity index (χ1) is 16.7. The maximum absolute atomic E-state index is 5.40. The summed E-state index contributed by atoms with van der Waals surface area (Å²) < 4.78 is 10.7. The van der Waals surface area contributed by atoms with Crippen LogP contribution in [-0.4, -0.2) is 29.2 Å². The number of methoxy groups -OCH3 is 2. The lowest BCUT2D eigenvalue weighted by Gasteiger charge is -2.13. The molecule has 0 unspecified atom stereocenters. The van der Waals surface area contributed by atoms with Crippen molar-refractivity contribution < 1.29 is 9.47 Å². The fourth-order valence-corrected chi connectivity index (χ4v) is 3.80. The van der Waals surface area contributed by atoms with Crippen molar-refractivity contribution in [3.8, 4) is 34.0 Å². The number of hydrogen-bond acceptors (Lipinski definition) is 6. The van der Waals surface area contributed by atoms with Crippen molar-refractivity contribution >= 4 is 16.7 Å². The summed E-state index contributed by atoms with van der Waals surface area (Å²) >= 11 is 0. The maximum Gasteiger partial charge on any atom is 0.163 e.